The zero-order chi connectivity index (χ0) is 22.9. The number of anilines is 1. The lowest BCUT2D eigenvalue weighted by molar-refractivity contribution is -0.114. The highest BCUT2D eigenvalue weighted by Gasteiger charge is 2.09. The van der Waals surface area contributed by atoms with Crippen LogP contribution in [0.5, 0.6) is 5.75 Å². The third kappa shape index (κ3) is 7.77. The minimum Gasteiger partial charge on any atom is -0.492 e. The van der Waals surface area contributed by atoms with Crippen LogP contribution in [-0.2, 0) is 11.3 Å². The number of carbonyl (C=O) groups is 1. The first kappa shape index (κ1) is 26.2. The molecular formula is C24H31IN6O2. The van der Waals surface area contributed by atoms with Crippen molar-refractivity contribution in [3.8, 4) is 11.4 Å². The molecule has 1 aromatic heterocycles. The molecule has 0 aliphatic rings. The van der Waals surface area contributed by atoms with E-state index in [2.05, 4.69) is 51.2 Å². The molecule has 0 spiro atoms. The molecule has 0 aliphatic carbocycles. The van der Waals surface area contributed by atoms with E-state index in [0.29, 0.717) is 37.1 Å². The molecule has 0 saturated carbocycles. The second-order valence-corrected chi connectivity index (χ2v) is 7.38. The van der Waals surface area contributed by atoms with Gasteiger partial charge in [0.25, 0.3) is 0 Å². The fourth-order valence-electron chi connectivity index (χ4n) is 3.34. The number of hydrogen-bond donors (Lipinski definition) is 3. The Morgan fingerprint density at radius 1 is 1.09 bits per heavy atom. The van der Waals surface area contributed by atoms with Crippen LogP contribution in [0.1, 0.15) is 23.9 Å². The smallest absolute Gasteiger partial charge is 0.221 e. The van der Waals surface area contributed by atoms with Crippen LogP contribution in [0.3, 0.4) is 0 Å². The van der Waals surface area contributed by atoms with Crippen molar-refractivity contribution in [1.29, 1.82) is 0 Å². The Labute approximate surface area is 211 Å². The van der Waals surface area contributed by atoms with Gasteiger partial charge in [-0.15, -0.1) is 24.0 Å². The van der Waals surface area contributed by atoms with Crippen LogP contribution in [-0.4, -0.2) is 41.8 Å². The predicted octanol–water partition coefficient (Wildman–Crippen LogP) is 3.81. The Balaban J connectivity index is 0.00000385. The molecule has 3 aromatic rings. The second-order valence-electron chi connectivity index (χ2n) is 7.38. The standard InChI is InChI=1S/C24H30N6O2.HI/c1-17-14-18(2)30(29-17)23-11-6-5-8-20(23)16-27-24(25-4)26-12-13-32-22-10-7-9-21(15-22)28-19(3)31;/h5-11,14-15H,12-13,16H2,1-4H3,(H,28,31)(H2,25,26,27);1H. The fraction of sp³-hybridized carbons (Fsp3) is 0.292. The summed E-state index contributed by atoms with van der Waals surface area (Å²) in [5.74, 6) is 1.27. The first-order valence-electron chi connectivity index (χ1n) is 10.5. The lowest BCUT2D eigenvalue weighted by Gasteiger charge is -2.15. The van der Waals surface area contributed by atoms with E-state index in [-0.39, 0.29) is 29.9 Å². The lowest BCUT2D eigenvalue weighted by atomic mass is 10.1. The van der Waals surface area contributed by atoms with E-state index in [1.54, 1.807) is 13.1 Å². The molecule has 176 valence electrons. The Morgan fingerprint density at radius 3 is 2.58 bits per heavy atom. The number of hydrogen-bond acceptors (Lipinski definition) is 4. The van der Waals surface area contributed by atoms with Crippen LogP contribution in [0.4, 0.5) is 5.69 Å². The average Bonchev–Trinajstić information content (AvgIpc) is 3.11. The van der Waals surface area contributed by atoms with Gasteiger partial charge in [0.1, 0.15) is 12.4 Å². The molecule has 2 aromatic carbocycles. The summed E-state index contributed by atoms with van der Waals surface area (Å²) in [6.07, 6.45) is 0. The van der Waals surface area contributed by atoms with Crippen molar-refractivity contribution in [2.45, 2.75) is 27.3 Å². The van der Waals surface area contributed by atoms with E-state index in [0.717, 1.165) is 22.6 Å². The van der Waals surface area contributed by atoms with Crippen molar-refractivity contribution in [3.05, 3.63) is 71.5 Å². The van der Waals surface area contributed by atoms with Crippen molar-refractivity contribution >= 4 is 41.5 Å². The number of carbonyl (C=O) groups excluding carboxylic acids is 1. The summed E-state index contributed by atoms with van der Waals surface area (Å²) in [5, 5.41) is 13.9. The number of amides is 1. The molecule has 0 saturated heterocycles. The predicted molar refractivity (Wildman–Crippen MR) is 143 cm³/mol. The van der Waals surface area contributed by atoms with Gasteiger partial charge in [-0.3, -0.25) is 9.79 Å². The van der Waals surface area contributed by atoms with Crippen LogP contribution in [0.15, 0.2) is 59.6 Å². The zero-order valence-corrected chi connectivity index (χ0v) is 21.7. The van der Waals surface area contributed by atoms with Crippen LogP contribution >= 0.6 is 24.0 Å². The highest BCUT2D eigenvalue weighted by Crippen LogP contribution is 2.18. The van der Waals surface area contributed by atoms with Crippen molar-refractivity contribution in [2.24, 2.45) is 4.99 Å². The molecule has 0 fully saturated rings. The molecule has 33 heavy (non-hydrogen) atoms. The summed E-state index contributed by atoms with van der Waals surface area (Å²) in [4.78, 5) is 15.5. The van der Waals surface area contributed by atoms with E-state index >= 15 is 0 Å². The number of guanidine groups is 1. The van der Waals surface area contributed by atoms with E-state index in [1.165, 1.54) is 6.92 Å². The molecule has 0 atom stereocenters. The first-order chi connectivity index (χ1) is 15.5. The molecule has 1 heterocycles. The van der Waals surface area contributed by atoms with Gasteiger partial charge >= 0.3 is 0 Å². The number of aliphatic imine (C=N–C) groups is 1. The van der Waals surface area contributed by atoms with Crippen LogP contribution in [0, 0.1) is 13.8 Å². The number of rotatable bonds is 8. The molecule has 0 radical (unpaired) electrons. The Bertz CT molecular complexity index is 1100. The van der Waals surface area contributed by atoms with Gasteiger partial charge in [-0.2, -0.15) is 5.10 Å². The van der Waals surface area contributed by atoms with Gasteiger partial charge in [-0.25, -0.2) is 4.68 Å². The van der Waals surface area contributed by atoms with Crippen molar-refractivity contribution in [2.75, 3.05) is 25.5 Å². The second kappa shape index (κ2) is 12.8. The average molecular weight is 562 g/mol. The molecule has 0 aliphatic heterocycles. The summed E-state index contributed by atoms with van der Waals surface area (Å²) < 4.78 is 7.73. The summed E-state index contributed by atoms with van der Waals surface area (Å²) in [7, 11) is 1.74. The Morgan fingerprint density at radius 2 is 1.88 bits per heavy atom. The van der Waals surface area contributed by atoms with Gasteiger partial charge in [-0.1, -0.05) is 24.3 Å². The maximum Gasteiger partial charge on any atom is 0.221 e. The minimum atomic E-state index is -0.113. The van der Waals surface area contributed by atoms with E-state index < -0.39 is 0 Å². The third-order valence-corrected chi connectivity index (χ3v) is 4.72. The number of aromatic nitrogens is 2. The molecule has 3 rings (SSSR count). The van der Waals surface area contributed by atoms with Crippen molar-refractivity contribution < 1.29 is 9.53 Å². The van der Waals surface area contributed by atoms with Crippen LogP contribution in [0.25, 0.3) is 5.69 Å². The number of ether oxygens (including phenoxy) is 1. The maximum absolute atomic E-state index is 11.2. The monoisotopic (exact) mass is 562 g/mol. The largest absolute Gasteiger partial charge is 0.492 e. The van der Waals surface area contributed by atoms with Gasteiger partial charge in [0.2, 0.25) is 5.91 Å². The third-order valence-electron chi connectivity index (χ3n) is 4.72. The molecule has 3 N–H and O–H groups in total. The van der Waals surface area contributed by atoms with Crippen LogP contribution in [0.2, 0.25) is 0 Å². The molecular weight excluding hydrogens is 531 g/mol. The molecule has 0 bridgehead atoms. The van der Waals surface area contributed by atoms with Crippen molar-refractivity contribution in [1.82, 2.24) is 20.4 Å². The zero-order valence-electron chi connectivity index (χ0n) is 19.4. The number of halogens is 1. The highest BCUT2D eigenvalue weighted by atomic mass is 127. The minimum absolute atomic E-state index is 0. The Kier molecular flexibility index (Phi) is 10.2. The summed E-state index contributed by atoms with van der Waals surface area (Å²) in [5.41, 5.74) is 4.96. The van der Waals surface area contributed by atoms with E-state index in [4.69, 9.17) is 4.74 Å². The summed E-state index contributed by atoms with van der Waals surface area (Å²) in [6.45, 7) is 7.15. The van der Waals surface area contributed by atoms with E-state index in [9.17, 15) is 4.79 Å². The van der Waals surface area contributed by atoms with Gasteiger partial charge in [0.05, 0.1) is 17.9 Å². The highest BCUT2D eigenvalue weighted by molar-refractivity contribution is 14.0. The number of nitrogens with one attached hydrogen (secondary N) is 3. The fourth-order valence-corrected chi connectivity index (χ4v) is 3.34. The van der Waals surface area contributed by atoms with Gasteiger partial charge in [0, 0.05) is 38.0 Å². The SMILES string of the molecule is CN=C(NCCOc1cccc(NC(C)=O)c1)NCc1ccccc1-n1nc(C)cc1C.I. The number of aryl methyl sites for hydroxylation is 2. The normalized spacial score (nSPS) is 10.8. The number of benzene rings is 2. The van der Waals surface area contributed by atoms with Gasteiger partial charge < -0.3 is 20.7 Å². The van der Waals surface area contributed by atoms with Gasteiger partial charge in [-0.05, 0) is 43.7 Å². The van der Waals surface area contributed by atoms with Crippen LogP contribution < -0.4 is 20.7 Å². The topological polar surface area (TPSA) is 92.6 Å². The lowest BCUT2D eigenvalue weighted by Crippen LogP contribution is -2.39. The number of para-hydroxylation sites is 1. The van der Waals surface area contributed by atoms with Crippen molar-refractivity contribution in [3.63, 3.8) is 0 Å². The molecule has 0 unspecified atom stereocenters. The van der Waals surface area contributed by atoms with Gasteiger partial charge in [0.15, 0.2) is 5.96 Å². The Hall–Kier alpha value is -3.08. The number of nitrogens with zero attached hydrogens (tertiary/aromatic N) is 3. The molecule has 1 amide bonds. The van der Waals surface area contributed by atoms with E-state index in [1.807, 2.05) is 41.9 Å². The first-order valence-corrected chi connectivity index (χ1v) is 10.5. The maximum atomic E-state index is 11.2. The molecule has 9 heteroatoms. The quantitative estimate of drug-likeness (QED) is 0.168. The summed E-state index contributed by atoms with van der Waals surface area (Å²) >= 11 is 0. The molecule has 8 nitrogen and oxygen atoms in total. The summed E-state index contributed by atoms with van der Waals surface area (Å²) in [6, 6.07) is 17.6.